The number of aldehydes is 1. The number of hydrogen-bond acceptors (Lipinski definition) is 1. The zero-order valence-corrected chi connectivity index (χ0v) is 12.3. The Morgan fingerprint density at radius 2 is 1.35 bits per heavy atom. The van der Waals surface area contributed by atoms with Gasteiger partial charge in [0, 0.05) is 6.42 Å². The number of halogens is 2. The number of rotatable bonds is 4. The van der Waals surface area contributed by atoms with Gasteiger partial charge in [0.15, 0.2) is 0 Å². The summed E-state index contributed by atoms with van der Waals surface area (Å²) in [5.74, 6) is -0.655. The standard InChI is InChI=1S/C20H14F2O/c21-19-7-4-14(5-8-19)15-2-1-3-16(12-15)17-6-9-20(22)18(13-17)10-11-23/h1-9,11-13H,10H2. The largest absolute Gasteiger partial charge is 0.303 e. The summed E-state index contributed by atoms with van der Waals surface area (Å²) in [7, 11) is 0. The van der Waals surface area contributed by atoms with E-state index in [2.05, 4.69) is 0 Å². The van der Waals surface area contributed by atoms with E-state index in [0.717, 1.165) is 22.3 Å². The molecule has 0 N–H and O–H groups in total. The molecular weight excluding hydrogens is 294 g/mol. The molecule has 1 nitrogen and oxygen atoms in total. The molecule has 0 amide bonds. The first-order valence-electron chi connectivity index (χ1n) is 7.26. The van der Waals surface area contributed by atoms with E-state index in [1.54, 1.807) is 24.3 Å². The van der Waals surface area contributed by atoms with Crippen molar-refractivity contribution in [1.82, 2.24) is 0 Å². The molecule has 0 radical (unpaired) electrons. The second-order valence-corrected chi connectivity index (χ2v) is 5.26. The SMILES string of the molecule is O=CCc1cc(-c2cccc(-c3ccc(F)cc3)c2)ccc1F. The van der Waals surface area contributed by atoms with Crippen LogP contribution in [0.1, 0.15) is 5.56 Å². The molecule has 0 heterocycles. The van der Waals surface area contributed by atoms with Crippen LogP contribution in [-0.2, 0) is 11.2 Å². The average Bonchev–Trinajstić information content (AvgIpc) is 2.58. The van der Waals surface area contributed by atoms with Crippen molar-refractivity contribution >= 4 is 6.29 Å². The Morgan fingerprint density at radius 1 is 0.739 bits per heavy atom. The van der Waals surface area contributed by atoms with E-state index in [-0.39, 0.29) is 18.1 Å². The van der Waals surface area contributed by atoms with Crippen molar-refractivity contribution in [3.05, 3.63) is 83.9 Å². The monoisotopic (exact) mass is 308 g/mol. The van der Waals surface area contributed by atoms with Crippen LogP contribution in [0.15, 0.2) is 66.7 Å². The van der Waals surface area contributed by atoms with Crippen molar-refractivity contribution in [1.29, 1.82) is 0 Å². The van der Waals surface area contributed by atoms with Gasteiger partial charge in [-0.05, 0) is 58.1 Å². The zero-order chi connectivity index (χ0) is 16.2. The van der Waals surface area contributed by atoms with E-state index in [4.69, 9.17) is 0 Å². The van der Waals surface area contributed by atoms with E-state index < -0.39 is 0 Å². The summed E-state index contributed by atoms with van der Waals surface area (Å²) in [5, 5.41) is 0. The molecule has 0 saturated heterocycles. The van der Waals surface area contributed by atoms with Crippen molar-refractivity contribution in [2.45, 2.75) is 6.42 Å². The van der Waals surface area contributed by atoms with Crippen LogP contribution in [0.5, 0.6) is 0 Å². The van der Waals surface area contributed by atoms with Crippen LogP contribution in [0.25, 0.3) is 22.3 Å². The Balaban J connectivity index is 2.01. The summed E-state index contributed by atoms with van der Waals surface area (Å²) in [6.45, 7) is 0. The molecule has 3 aromatic rings. The van der Waals surface area contributed by atoms with Gasteiger partial charge in [-0.25, -0.2) is 8.78 Å². The Hall–Kier alpha value is -2.81. The summed E-state index contributed by atoms with van der Waals surface area (Å²) < 4.78 is 26.7. The molecule has 0 atom stereocenters. The lowest BCUT2D eigenvalue weighted by molar-refractivity contribution is -0.107. The average molecular weight is 308 g/mol. The predicted octanol–water partition coefficient (Wildman–Crippen LogP) is 5.04. The van der Waals surface area contributed by atoms with Crippen LogP contribution in [-0.4, -0.2) is 6.29 Å². The molecule has 0 saturated carbocycles. The molecule has 0 aliphatic carbocycles. The fourth-order valence-electron chi connectivity index (χ4n) is 2.52. The van der Waals surface area contributed by atoms with Crippen LogP contribution in [0, 0.1) is 11.6 Å². The second-order valence-electron chi connectivity index (χ2n) is 5.26. The zero-order valence-electron chi connectivity index (χ0n) is 12.3. The molecule has 0 aromatic heterocycles. The summed E-state index contributed by atoms with van der Waals surface area (Å²) in [6, 6.07) is 18.7. The maximum absolute atomic E-state index is 13.7. The third kappa shape index (κ3) is 3.34. The smallest absolute Gasteiger partial charge is 0.126 e. The summed E-state index contributed by atoms with van der Waals surface area (Å²) in [5.41, 5.74) is 3.99. The van der Waals surface area contributed by atoms with Gasteiger partial charge in [-0.2, -0.15) is 0 Å². The highest BCUT2D eigenvalue weighted by molar-refractivity contribution is 5.73. The lowest BCUT2D eigenvalue weighted by Crippen LogP contribution is -1.92. The van der Waals surface area contributed by atoms with Crippen molar-refractivity contribution in [2.75, 3.05) is 0 Å². The van der Waals surface area contributed by atoms with E-state index in [1.807, 2.05) is 24.3 Å². The Morgan fingerprint density at radius 3 is 2.04 bits per heavy atom. The molecule has 0 aliphatic heterocycles. The molecule has 3 rings (SSSR count). The van der Waals surface area contributed by atoms with Gasteiger partial charge in [0.25, 0.3) is 0 Å². The van der Waals surface area contributed by atoms with Crippen molar-refractivity contribution in [3.63, 3.8) is 0 Å². The fraction of sp³-hybridized carbons (Fsp3) is 0.0500. The van der Waals surface area contributed by atoms with Crippen LogP contribution in [0.2, 0.25) is 0 Å². The van der Waals surface area contributed by atoms with Crippen LogP contribution in [0.4, 0.5) is 8.78 Å². The summed E-state index contributed by atoms with van der Waals surface area (Å²) in [4.78, 5) is 10.6. The van der Waals surface area contributed by atoms with Gasteiger partial charge in [-0.15, -0.1) is 0 Å². The molecule has 23 heavy (non-hydrogen) atoms. The maximum atomic E-state index is 13.7. The van der Waals surface area contributed by atoms with Crippen molar-refractivity contribution in [3.8, 4) is 22.3 Å². The molecule has 0 fully saturated rings. The highest BCUT2D eigenvalue weighted by Gasteiger charge is 2.06. The van der Waals surface area contributed by atoms with Gasteiger partial charge in [0.2, 0.25) is 0 Å². The second kappa shape index (κ2) is 6.53. The number of carbonyl (C=O) groups excluding carboxylic acids is 1. The lowest BCUT2D eigenvalue weighted by atomic mass is 9.97. The van der Waals surface area contributed by atoms with Crippen LogP contribution < -0.4 is 0 Å². The Labute approximate surface area is 133 Å². The number of benzene rings is 3. The quantitative estimate of drug-likeness (QED) is 0.617. The predicted molar refractivity (Wildman–Crippen MR) is 87.0 cm³/mol. The number of carbonyl (C=O) groups is 1. The molecule has 0 unspecified atom stereocenters. The molecule has 3 heteroatoms. The van der Waals surface area contributed by atoms with Crippen molar-refractivity contribution in [2.24, 2.45) is 0 Å². The van der Waals surface area contributed by atoms with Gasteiger partial charge in [-0.1, -0.05) is 36.4 Å². The minimum Gasteiger partial charge on any atom is -0.303 e. The van der Waals surface area contributed by atoms with Gasteiger partial charge >= 0.3 is 0 Å². The summed E-state index contributed by atoms with van der Waals surface area (Å²) >= 11 is 0. The third-order valence-corrected chi connectivity index (χ3v) is 3.72. The topological polar surface area (TPSA) is 17.1 Å². The van der Waals surface area contributed by atoms with Gasteiger partial charge in [-0.3, -0.25) is 0 Å². The van der Waals surface area contributed by atoms with Gasteiger partial charge < -0.3 is 4.79 Å². The minimum atomic E-state index is -0.379. The molecule has 3 aromatic carbocycles. The van der Waals surface area contributed by atoms with Gasteiger partial charge in [0.05, 0.1) is 0 Å². The van der Waals surface area contributed by atoms with Crippen LogP contribution in [0.3, 0.4) is 0 Å². The summed E-state index contributed by atoms with van der Waals surface area (Å²) in [6.07, 6.45) is 0.745. The Bertz CT molecular complexity index is 839. The highest BCUT2D eigenvalue weighted by atomic mass is 19.1. The molecule has 0 bridgehead atoms. The molecule has 0 spiro atoms. The first-order valence-corrected chi connectivity index (χ1v) is 7.26. The van der Waals surface area contributed by atoms with Crippen molar-refractivity contribution < 1.29 is 13.6 Å². The first-order chi connectivity index (χ1) is 11.2. The van der Waals surface area contributed by atoms with E-state index >= 15 is 0 Å². The van der Waals surface area contributed by atoms with E-state index in [0.29, 0.717) is 11.8 Å². The highest BCUT2D eigenvalue weighted by Crippen LogP contribution is 2.27. The third-order valence-electron chi connectivity index (χ3n) is 3.72. The number of hydrogen-bond donors (Lipinski definition) is 0. The lowest BCUT2D eigenvalue weighted by Gasteiger charge is -2.08. The van der Waals surface area contributed by atoms with Crippen LogP contribution >= 0.6 is 0 Å². The normalized spacial score (nSPS) is 10.5. The molecule has 0 aliphatic rings. The van der Waals surface area contributed by atoms with E-state index in [9.17, 15) is 13.6 Å². The Kier molecular flexibility index (Phi) is 4.29. The minimum absolute atomic E-state index is 0.0529. The molecule has 114 valence electrons. The fourth-order valence-corrected chi connectivity index (χ4v) is 2.52. The van der Waals surface area contributed by atoms with E-state index in [1.165, 1.54) is 18.2 Å². The first kappa shape index (κ1) is 15.1. The molecular formula is C20H14F2O. The maximum Gasteiger partial charge on any atom is 0.126 e. The van der Waals surface area contributed by atoms with Gasteiger partial charge in [0.1, 0.15) is 17.9 Å².